The van der Waals surface area contributed by atoms with Gasteiger partial charge in [-0.3, -0.25) is 0 Å². The van der Waals surface area contributed by atoms with Crippen molar-refractivity contribution < 1.29 is 4.74 Å². The summed E-state index contributed by atoms with van der Waals surface area (Å²) in [4.78, 5) is 0. The maximum absolute atomic E-state index is 5.52. The maximum atomic E-state index is 5.52. The van der Waals surface area contributed by atoms with E-state index < -0.39 is 0 Å². The molecule has 1 N–H and O–H groups in total. The molecule has 3 unspecified atom stereocenters. The van der Waals surface area contributed by atoms with Gasteiger partial charge in [0.05, 0.1) is 6.10 Å². The summed E-state index contributed by atoms with van der Waals surface area (Å²) < 4.78 is 5.52. The molecule has 100 valence electrons. The van der Waals surface area contributed by atoms with Crippen molar-refractivity contribution in [3.63, 3.8) is 0 Å². The molecule has 3 atom stereocenters. The number of rotatable bonds is 3. The Morgan fingerprint density at radius 2 is 1.88 bits per heavy atom. The van der Waals surface area contributed by atoms with Crippen molar-refractivity contribution in [3.05, 3.63) is 0 Å². The van der Waals surface area contributed by atoms with Gasteiger partial charge in [0.25, 0.3) is 0 Å². The lowest BCUT2D eigenvalue weighted by Crippen LogP contribution is -2.50. The summed E-state index contributed by atoms with van der Waals surface area (Å²) in [7, 11) is 1.86. The number of hydrogen-bond donors (Lipinski definition) is 1. The maximum Gasteiger partial charge on any atom is 0.0586 e. The van der Waals surface area contributed by atoms with E-state index in [0.29, 0.717) is 17.6 Å². The highest BCUT2D eigenvalue weighted by Crippen LogP contribution is 2.36. The highest BCUT2D eigenvalue weighted by Gasteiger charge is 2.34. The van der Waals surface area contributed by atoms with E-state index in [4.69, 9.17) is 4.74 Å². The van der Waals surface area contributed by atoms with Crippen molar-refractivity contribution in [2.24, 2.45) is 5.41 Å². The summed E-state index contributed by atoms with van der Waals surface area (Å²) in [6.07, 6.45) is 11.2. The smallest absolute Gasteiger partial charge is 0.0586 e. The van der Waals surface area contributed by atoms with Crippen LogP contribution in [0.5, 0.6) is 0 Å². The van der Waals surface area contributed by atoms with Gasteiger partial charge in [0.15, 0.2) is 0 Å². The normalized spacial score (nSPS) is 37.9. The Hall–Kier alpha value is -0.0800. The van der Waals surface area contributed by atoms with E-state index >= 15 is 0 Å². The molecule has 0 aliphatic heterocycles. The number of methoxy groups -OCH3 is 1. The van der Waals surface area contributed by atoms with Crippen molar-refractivity contribution in [1.29, 1.82) is 0 Å². The third-order valence-electron chi connectivity index (χ3n) is 4.90. The Balaban J connectivity index is 1.86. The summed E-state index contributed by atoms with van der Waals surface area (Å²) in [5.41, 5.74) is 0.484. The van der Waals surface area contributed by atoms with Crippen LogP contribution in [0.3, 0.4) is 0 Å². The van der Waals surface area contributed by atoms with Gasteiger partial charge in [0, 0.05) is 19.2 Å². The molecular formula is C15H29NO. The Kier molecular flexibility index (Phi) is 4.48. The van der Waals surface area contributed by atoms with Crippen LogP contribution in [0.1, 0.15) is 65.2 Å². The molecule has 0 heterocycles. The first kappa shape index (κ1) is 13.4. The van der Waals surface area contributed by atoms with Crippen LogP contribution in [0.2, 0.25) is 0 Å². The molecule has 2 aliphatic carbocycles. The first-order valence-corrected chi connectivity index (χ1v) is 7.40. The first-order chi connectivity index (χ1) is 8.12. The van der Waals surface area contributed by atoms with Crippen LogP contribution in [0, 0.1) is 5.41 Å². The minimum absolute atomic E-state index is 0.484. The van der Waals surface area contributed by atoms with Crippen LogP contribution in [0.4, 0.5) is 0 Å². The van der Waals surface area contributed by atoms with Crippen LogP contribution >= 0.6 is 0 Å². The number of hydrogen-bond acceptors (Lipinski definition) is 2. The quantitative estimate of drug-likeness (QED) is 0.814. The van der Waals surface area contributed by atoms with Gasteiger partial charge in [-0.15, -0.1) is 0 Å². The second kappa shape index (κ2) is 5.71. The summed E-state index contributed by atoms with van der Waals surface area (Å²) >= 11 is 0. The molecule has 0 aromatic carbocycles. The van der Waals surface area contributed by atoms with Gasteiger partial charge in [-0.05, 0) is 43.9 Å². The third-order valence-corrected chi connectivity index (χ3v) is 4.90. The molecule has 0 amide bonds. The molecule has 0 bridgehead atoms. The molecule has 0 radical (unpaired) electrons. The van der Waals surface area contributed by atoms with E-state index in [1.54, 1.807) is 0 Å². The first-order valence-electron chi connectivity index (χ1n) is 7.40. The number of ether oxygens (including phenoxy) is 1. The zero-order chi connectivity index (χ0) is 12.3. The van der Waals surface area contributed by atoms with E-state index in [2.05, 4.69) is 19.2 Å². The predicted octanol–water partition coefficient (Wildman–Crippen LogP) is 3.50. The largest absolute Gasteiger partial charge is 0.381 e. The molecule has 2 rings (SSSR count). The minimum atomic E-state index is 0.484. The van der Waals surface area contributed by atoms with Gasteiger partial charge in [0.1, 0.15) is 0 Å². The van der Waals surface area contributed by atoms with Crippen LogP contribution in [-0.4, -0.2) is 25.3 Å². The predicted molar refractivity (Wildman–Crippen MR) is 72.2 cm³/mol. The Labute approximate surface area is 107 Å². The molecule has 2 nitrogen and oxygen atoms in total. The highest BCUT2D eigenvalue weighted by molar-refractivity contribution is 4.91. The molecular weight excluding hydrogens is 210 g/mol. The average Bonchev–Trinajstić information content (AvgIpc) is 2.32. The topological polar surface area (TPSA) is 21.3 Å². The molecule has 0 aromatic heterocycles. The molecule has 2 fully saturated rings. The van der Waals surface area contributed by atoms with Gasteiger partial charge in [-0.25, -0.2) is 0 Å². The molecule has 0 saturated heterocycles. The van der Waals surface area contributed by atoms with Crippen molar-refractivity contribution in [3.8, 4) is 0 Å². The summed E-state index contributed by atoms with van der Waals surface area (Å²) in [5.74, 6) is 0. The molecule has 2 aliphatic rings. The molecule has 2 heteroatoms. The van der Waals surface area contributed by atoms with Crippen LogP contribution in [0.25, 0.3) is 0 Å². The van der Waals surface area contributed by atoms with E-state index in [0.717, 1.165) is 6.04 Å². The molecule has 0 spiro atoms. The van der Waals surface area contributed by atoms with Crippen molar-refractivity contribution >= 4 is 0 Å². The monoisotopic (exact) mass is 239 g/mol. The summed E-state index contributed by atoms with van der Waals surface area (Å²) in [6.45, 7) is 4.86. The molecule has 17 heavy (non-hydrogen) atoms. The molecule has 2 saturated carbocycles. The summed E-state index contributed by atoms with van der Waals surface area (Å²) in [6, 6.07) is 1.41. The van der Waals surface area contributed by atoms with Crippen LogP contribution in [0.15, 0.2) is 0 Å². The fourth-order valence-electron chi connectivity index (χ4n) is 3.60. The second-order valence-electron chi connectivity index (χ2n) is 6.67. The van der Waals surface area contributed by atoms with E-state index in [-0.39, 0.29) is 0 Å². The third kappa shape index (κ3) is 3.45. The summed E-state index contributed by atoms with van der Waals surface area (Å²) in [5, 5.41) is 3.93. The van der Waals surface area contributed by atoms with Gasteiger partial charge >= 0.3 is 0 Å². The Morgan fingerprint density at radius 3 is 2.59 bits per heavy atom. The average molecular weight is 239 g/mol. The zero-order valence-corrected chi connectivity index (χ0v) is 11.8. The van der Waals surface area contributed by atoms with Crippen molar-refractivity contribution in [2.75, 3.05) is 7.11 Å². The van der Waals surface area contributed by atoms with E-state index in [1.807, 2.05) is 7.11 Å². The molecule has 0 aromatic rings. The SMILES string of the molecule is COC1CCCC(NC2CCCCC2(C)C)C1. The Bertz CT molecular complexity index is 239. The lowest BCUT2D eigenvalue weighted by molar-refractivity contribution is 0.0487. The minimum Gasteiger partial charge on any atom is -0.381 e. The zero-order valence-electron chi connectivity index (χ0n) is 11.8. The van der Waals surface area contributed by atoms with E-state index in [1.165, 1.54) is 51.4 Å². The second-order valence-corrected chi connectivity index (χ2v) is 6.67. The standard InChI is InChI=1S/C15H29NO/c1-15(2)10-5-4-9-14(15)16-12-7-6-8-13(11-12)17-3/h12-14,16H,4-11H2,1-3H3. The number of nitrogens with one attached hydrogen (secondary N) is 1. The van der Waals surface area contributed by atoms with Gasteiger partial charge in [-0.2, -0.15) is 0 Å². The lowest BCUT2D eigenvalue weighted by atomic mass is 9.72. The van der Waals surface area contributed by atoms with Crippen LogP contribution in [-0.2, 0) is 4.74 Å². The van der Waals surface area contributed by atoms with Gasteiger partial charge in [-0.1, -0.05) is 26.7 Å². The fourth-order valence-corrected chi connectivity index (χ4v) is 3.60. The Morgan fingerprint density at radius 1 is 1.06 bits per heavy atom. The van der Waals surface area contributed by atoms with Crippen LogP contribution < -0.4 is 5.32 Å². The van der Waals surface area contributed by atoms with E-state index in [9.17, 15) is 0 Å². The van der Waals surface area contributed by atoms with Gasteiger partial charge in [0.2, 0.25) is 0 Å². The fraction of sp³-hybridized carbons (Fsp3) is 1.00. The lowest BCUT2D eigenvalue weighted by Gasteiger charge is -2.42. The van der Waals surface area contributed by atoms with Gasteiger partial charge < -0.3 is 10.1 Å². The van der Waals surface area contributed by atoms with Crippen molar-refractivity contribution in [2.45, 2.75) is 83.4 Å². The highest BCUT2D eigenvalue weighted by atomic mass is 16.5. The van der Waals surface area contributed by atoms with Crippen molar-refractivity contribution in [1.82, 2.24) is 5.32 Å².